The molecule has 0 aromatic rings. The normalized spacial score (nSPS) is 57.8. The minimum Gasteiger partial charge on any atom is -0.390 e. The van der Waals surface area contributed by atoms with E-state index < -0.39 is 5.60 Å². The molecule has 70 valence electrons. The SMILES string of the molecule is N#CC12C[C@@H]3C[C@H](CC(O)(C3)C1)C2. The Labute approximate surface area is 78.6 Å². The van der Waals surface area contributed by atoms with Gasteiger partial charge in [0.2, 0.25) is 0 Å². The number of hydrogen-bond acceptors (Lipinski definition) is 2. The summed E-state index contributed by atoms with van der Waals surface area (Å²) in [6.07, 6.45) is 6.07. The van der Waals surface area contributed by atoms with Crippen molar-refractivity contribution in [3.63, 3.8) is 0 Å². The molecule has 13 heavy (non-hydrogen) atoms. The van der Waals surface area contributed by atoms with Gasteiger partial charge in [-0.2, -0.15) is 5.26 Å². The summed E-state index contributed by atoms with van der Waals surface area (Å²) in [5.41, 5.74) is -0.599. The molecule has 4 aliphatic rings. The van der Waals surface area contributed by atoms with Crippen LogP contribution in [-0.4, -0.2) is 10.7 Å². The third-order valence-corrected chi connectivity index (χ3v) is 4.27. The van der Waals surface area contributed by atoms with E-state index in [0.29, 0.717) is 11.8 Å². The van der Waals surface area contributed by atoms with E-state index in [1.165, 1.54) is 6.42 Å². The van der Waals surface area contributed by atoms with Crippen molar-refractivity contribution in [2.75, 3.05) is 0 Å². The van der Waals surface area contributed by atoms with Gasteiger partial charge in [0.05, 0.1) is 17.1 Å². The van der Waals surface area contributed by atoms with E-state index in [0.717, 1.165) is 32.1 Å². The molecular weight excluding hydrogens is 162 g/mol. The van der Waals surface area contributed by atoms with E-state index in [4.69, 9.17) is 0 Å². The molecule has 4 aliphatic carbocycles. The van der Waals surface area contributed by atoms with E-state index in [9.17, 15) is 10.4 Å². The van der Waals surface area contributed by atoms with Crippen molar-refractivity contribution in [1.29, 1.82) is 5.26 Å². The molecule has 0 aromatic heterocycles. The lowest BCUT2D eigenvalue weighted by Crippen LogP contribution is -2.55. The van der Waals surface area contributed by atoms with Crippen LogP contribution >= 0.6 is 0 Å². The first kappa shape index (κ1) is 7.82. The molecule has 4 bridgehead atoms. The second kappa shape index (κ2) is 2.09. The second-order valence-corrected chi connectivity index (χ2v) is 5.58. The molecule has 0 radical (unpaired) electrons. The lowest BCUT2D eigenvalue weighted by atomic mass is 9.48. The van der Waals surface area contributed by atoms with Crippen LogP contribution in [0.3, 0.4) is 0 Å². The smallest absolute Gasteiger partial charge is 0.0691 e. The Morgan fingerprint density at radius 3 is 2.23 bits per heavy atom. The average Bonchev–Trinajstić information content (AvgIpc) is 1.99. The van der Waals surface area contributed by atoms with Crippen LogP contribution in [0.1, 0.15) is 38.5 Å². The predicted octanol–water partition coefficient (Wildman–Crippen LogP) is 1.84. The summed E-state index contributed by atoms with van der Waals surface area (Å²) < 4.78 is 0. The molecule has 4 fully saturated rings. The molecule has 0 amide bonds. The Hall–Kier alpha value is -0.550. The summed E-state index contributed by atoms with van der Waals surface area (Å²) >= 11 is 0. The highest BCUT2D eigenvalue weighted by Gasteiger charge is 2.57. The fourth-order valence-corrected chi connectivity index (χ4v) is 4.34. The van der Waals surface area contributed by atoms with Crippen LogP contribution in [0.2, 0.25) is 0 Å². The molecule has 2 heteroatoms. The van der Waals surface area contributed by atoms with Crippen LogP contribution in [0.15, 0.2) is 0 Å². The first-order valence-electron chi connectivity index (χ1n) is 5.27. The van der Waals surface area contributed by atoms with Gasteiger partial charge in [-0.15, -0.1) is 0 Å². The molecule has 4 saturated carbocycles. The van der Waals surface area contributed by atoms with E-state index in [1.807, 2.05) is 0 Å². The highest BCUT2D eigenvalue weighted by atomic mass is 16.3. The Kier molecular flexibility index (Phi) is 1.26. The fourth-order valence-electron chi connectivity index (χ4n) is 4.34. The molecule has 0 heterocycles. The zero-order chi connectivity index (χ0) is 9.10. The maximum Gasteiger partial charge on any atom is 0.0691 e. The minimum atomic E-state index is -0.459. The van der Waals surface area contributed by atoms with E-state index >= 15 is 0 Å². The molecule has 0 aliphatic heterocycles. The maximum absolute atomic E-state index is 10.2. The van der Waals surface area contributed by atoms with Crippen molar-refractivity contribution < 1.29 is 5.11 Å². The first-order valence-corrected chi connectivity index (χ1v) is 5.27. The van der Waals surface area contributed by atoms with Crippen molar-refractivity contribution in [1.82, 2.24) is 0 Å². The van der Waals surface area contributed by atoms with Gasteiger partial charge in [-0.05, 0) is 50.4 Å². The third kappa shape index (κ3) is 0.971. The van der Waals surface area contributed by atoms with Crippen molar-refractivity contribution >= 4 is 0 Å². The molecule has 2 atom stereocenters. The van der Waals surface area contributed by atoms with Crippen molar-refractivity contribution in [3.8, 4) is 6.07 Å². The Morgan fingerprint density at radius 1 is 1.15 bits per heavy atom. The van der Waals surface area contributed by atoms with Gasteiger partial charge in [0.15, 0.2) is 0 Å². The largest absolute Gasteiger partial charge is 0.390 e. The van der Waals surface area contributed by atoms with Gasteiger partial charge in [-0.1, -0.05) is 0 Å². The summed E-state index contributed by atoms with van der Waals surface area (Å²) in [5, 5.41) is 19.4. The van der Waals surface area contributed by atoms with E-state index in [1.54, 1.807) is 0 Å². The number of nitrogens with zero attached hydrogens (tertiary/aromatic N) is 1. The fraction of sp³-hybridized carbons (Fsp3) is 0.909. The summed E-state index contributed by atoms with van der Waals surface area (Å²) in [5.74, 6) is 1.29. The summed E-state index contributed by atoms with van der Waals surface area (Å²) in [6, 6.07) is 2.47. The number of aliphatic hydroxyl groups is 1. The summed E-state index contributed by atoms with van der Waals surface area (Å²) in [7, 11) is 0. The molecule has 1 N–H and O–H groups in total. The molecule has 2 nitrogen and oxygen atoms in total. The number of nitriles is 1. The Balaban J connectivity index is 2.01. The van der Waals surface area contributed by atoms with Crippen LogP contribution in [0.25, 0.3) is 0 Å². The van der Waals surface area contributed by atoms with E-state index in [2.05, 4.69) is 6.07 Å². The van der Waals surface area contributed by atoms with Crippen molar-refractivity contribution in [3.05, 3.63) is 0 Å². The molecule has 0 spiro atoms. The molecule has 0 saturated heterocycles. The van der Waals surface area contributed by atoms with Crippen molar-refractivity contribution in [2.24, 2.45) is 17.3 Å². The zero-order valence-corrected chi connectivity index (χ0v) is 7.79. The average molecular weight is 177 g/mol. The predicted molar refractivity (Wildman–Crippen MR) is 47.7 cm³/mol. The Morgan fingerprint density at radius 2 is 1.77 bits per heavy atom. The molecule has 4 rings (SSSR count). The standard InChI is InChI=1S/C11H15NO/c12-7-10-2-8-1-9(3-10)5-11(13,4-8)6-10/h8-9,13H,1-6H2/t8-,9-,10?,11?/m0/s1. The molecule has 0 aromatic carbocycles. The van der Waals surface area contributed by atoms with Crippen molar-refractivity contribution in [2.45, 2.75) is 44.1 Å². The number of hydrogen-bond donors (Lipinski definition) is 1. The van der Waals surface area contributed by atoms with E-state index in [-0.39, 0.29) is 5.41 Å². The summed E-state index contributed by atoms with van der Waals surface area (Å²) in [6.45, 7) is 0. The van der Waals surface area contributed by atoms with Gasteiger partial charge < -0.3 is 5.11 Å². The monoisotopic (exact) mass is 177 g/mol. The van der Waals surface area contributed by atoms with Gasteiger partial charge in [0.1, 0.15) is 0 Å². The van der Waals surface area contributed by atoms with Crippen LogP contribution in [0.5, 0.6) is 0 Å². The van der Waals surface area contributed by atoms with Crippen LogP contribution < -0.4 is 0 Å². The van der Waals surface area contributed by atoms with Gasteiger partial charge >= 0.3 is 0 Å². The zero-order valence-electron chi connectivity index (χ0n) is 7.79. The topological polar surface area (TPSA) is 44.0 Å². The van der Waals surface area contributed by atoms with Gasteiger partial charge in [0.25, 0.3) is 0 Å². The molecular formula is C11H15NO. The van der Waals surface area contributed by atoms with Crippen LogP contribution in [0.4, 0.5) is 0 Å². The van der Waals surface area contributed by atoms with Gasteiger partial charge in [-0.3, -0.25) is 0 Å². The first-order chi connectivity index (χ1) is 6.13. The quantitative estimate of drug-likeness (QED) is 0.613. The lowest BCUT2D eigenvalue weighted by molar-refractivity contribution is -0.145. The lowest BCUT2D eigenvalue weighted by Gasteiger charge is -2.57. The minimum absolute atomic E-state index is 0.140. The third-order valence-electron chi connectivity index (χ3n) is 4.27. The Bertz CT molecular complexity index is 277. The molecule has 0 unspecified atom stereocenters. The highest BCUT2D eigenvalue weighted by Crippen LogP contribution is 2.61. The van der Waals surface area contributed by atoms with Crippen LogP contribution in [-0.2, 0) is 0 Å². The van der Waals surface area contributed by atoms with Gasteiger partial charge in [-0.25, -0.2) is 0 Å². The second-order valence-electron chi connectivity index (χ2n) is 5.58. The number of rotatable bonds is 0. The highest BCUT2D eigenvalue weighted by molar-refractivity contribution is 5.15. The van der Waals surface area contributed by atoms with Crippen LogP contribution in [0, 0.1) is 28.6 Å². The summed E-state index contributed by atoms with van der Waals surface area (Å²) in [4.78, 5) is 0. The van der Waals surface area contributed by atoms with Gasteiger partial charge in [0, 0.05) is 0 Å². The maximum atomic E-state index is 10.2.